The zero-order valence-electron chi connectivity index (χ0n) is 5.26. The highest BCUT2D eigenvalue weighted by molar-refractivity contribution is 9.10. The fourth-order valence-electron chi connectivity index (χ4n) is 0.179. The SMILES string of the molecule is CC(O)C(C)(Br)C(=O)O. The molecule has 0 radical (unpaired) electrons. The predicted octanol–water partition coefficient (Wildman–Crippen LogP) is 0.605. The van der Waals surface area contributed by atoms with E-state index >= 15 is 0 Å². The van der Waals surface area contributed by atoms with Gasteiger partial charge in [-0.15, -0.1) is 0 Å². The van der Waals surface area contributed by atoms with Gasteiger partial charge < -0.3 is 10.2 Å². The van der Waals surface area contributed by atoms with Crippen molar-refractivity contribution in [2.24, 2.45) is 0 Å². The van der Waals surface area contributed by atoms with Crippen molar-refractivity contribution in [2.45, 2.75) is 24.3 Å². The van der Waals surface area contributed by atoms with E-state index in [0.29, 0.717) is 0 Å². The standard InChI is InChI=1S/C5H9BrO3/c1-3(7)5(2,6)4(8)9/h3,7H,1-2H3,(H,8,9). The Morgan fingerprint density at radius 3 is 2.11 bits per heavy atom. The molecule has 9 heavy (non-hydrogen) atoms. The monoisotopic (exact) mass is 196 g/mol. The van der Waals surface area contributed by atoms with Gasteiger partial charge in [0.15, 0.2) is 0 Å². The molecule has 54 valence electrons. The molecule has 4 heteroatoms. The minimum atomic E-state index is -1.22. The average molecular weight is 197 g/mol. The second-order valence-electron chi connectivity index (χ2n) is 2.06. The molecule has 0 rings (SSSR count). The first-order valence-electron chi connectivity index (χ1n) is 2.49. The molecule has 0 aromatic carbocycles. The van der Waals surface area contributed by atoms with E-state index in [2.05, 4.69) is 15.9 Å². The van der Waals surface area contributed by atoms with Crippen molar-refractivity contribution in [1.29, 1.82) is 0 Å². The fourth-order valence-corrected chi connectivity index (χ4v) is 0.179. The van der Waals surface area contributed by atoms with Crippen LogP contribution in [0.1, 0.15) is 13.8 Å². The summed E-state index contributed by atoms with van der Waals surface area (Å²) in [4.78, 5) is 10.3. The number of rotatable bonds is 2. The van der Waals surface area contributed by atoms with Crippen LogP contribution in [0, 0.1) is 0 Å². The molecule has 0 saturated carbocycles. The van der Waals surface area contributed by atoms with Crippen LogP contribution in [0.2, 0.25) is 0 Å². The highest BCUT2D eigenvalue weighted by Crippen LogP contribution is 2.21. The number of halogens is 1. The number of carbonyl (C=O) groups is 1. The number of carboxylic acids is 1. The molecule has 0 aliphatic heterocycles. The summed E-state index contributed by atoms with van der Waals surface area (Å²) < 4.78 is -1.22. The molecule has 0 aliphatic carbocycles. The van der Waals surface area contributed by atoms with Crippen LogP contribution >= 0.6 is 15.9 Å². The smallest absolute Gasteiger partial charge is 0.322 e. The van der Waals surface area contributed by atoms with E-state index in [9.17, 15) is 4.79 Å². The number of aliphatic hydroxyl groups is 1. The second-order valence-corrected chi connectivity index (χ2v) is 3.70. The van der Waals surface area contributed by atoms with Crippen LogP contribution in [0.5, 0.6) is 0 Å². The molecule has 0 saturated heterocycles. The van der Waals surface area contributed by atoms with Crippen LogP contribution in [-0.2, 0) is 4.79 Å². The first kappa shape index (κ1) is 8.91. The van der Waals surface area contributed by atoms with Gasteiger partial charge in [0.1, 0.15) is 4.32 Å². The zero-order valence-corrected chi connectivity index (χ0v) is 6.84. The summed E-state index contributed by atoms with van der Waals surface area (Å²) in [5.41, 5.74) is 0. The molecule has 3 nitrogen and oxygen atoms in total. The Kier molecular flexibility index (Phi) is 2.64. The Labute approximate surface area is 61.8 Å². The number of aliphatic hydroxyl groups excluding tert-OH is 1. The maximum absolute atomic E-state index is 10.3. The topological polar surface area (TPSA) is 57.5 Å². The van der Waals surface area contributed by atoms with Gasteiger partial charge in [0.25, 0.3) is 0 Å². The summed E-state index contributed by atoms with van der Waals surface area (Å²) in [6, 6.07) is 0. The van der Waals surface area contributed by atoms with E-state index < -0.39 is 16.4 Å². The molecule has 0 heterocycles. The molecular weight excluding hydrogens is 188 g/mol. The molecule has 2 N–H and O–H groups in total. The number of aliphatic carboxylic acids is 1. The number of hydrogen-bond acceptors (Lipinski definition) is 2. The summed E-state index contributed by atoms with van der Waals surface area (Å²) in [7, 11) is 0. The molecule has 0 bridgehead atoms. The number of carboxylic acid groups (broad SMARTS) is 1. The van der Waals surface area contributed by atoms with Crippen LogP contribution in [-0.4, -0.2) is 26.6 Å². The lowest BCUT2D eigenvalue weighted by Crippen LogP contribution is -2.38. The Morgan fingerprint density at radius 2 is 2.11 bits per heavy atom. The van der Waals surface area contributed by atoms with Gasteiger partial charge in [-0.2, -0.15) is 0 Å². The van der Waals surface area contributed by atoms with Gasteiger partial charge in [0.2, 0.25) is 0 Å². The summed E-state index contributed by atoms with van der Waals surface area (Å²) >= 11 is 2.86. The van der Waals surface area contributed by atoms with E-state index in [1.54, 1.807) is 0 Å². The van der Waals surface area contributed by atoms with Crippen LogP contribution in [0.25, 0.3) is 0 Å². The summed E-state index contributed by atoms with van der Waals surface area (Å²) in [6.45, 7) is 2.82. The van der Waals surface area contributed by atoms with Gasteiger partial charge in [-0.3, -0.25) is 4.79 Å². The summed E-state index contributed by atoms with van der Waals surface area (Å²) in [6.07, 6.45) is -0.894. The van der Waals surface area contributed by atoms with Crippen molar-refractivity contribution >= 4 is 21.9 Å². The van der Waals surface area contributed by atoms with Crippen LogP contribution in [0.15, 0.2) is 0 Å². The molecule has 0 amide bonds. The third kappa shape index (κ3) is 1.95. The highest BCUT2D eigenvalue weighted by atomic mass is 79.9. The summed E-state index contributed by atoms with van der Waals surface area (Å²) in [5.74, 6) is -1.06. The Balaban J connectivity index is 4.19. The van der Waals surface area contributed by atoms with Gasteiger partial charge in [-0.05, 0) is 13.8 Å². The van der Waals surface area contributed by atoms with Crippen molar-refractivity contribution in [2.75, 3.05) is 0 Å². The third-order valence-electron chi connectivity index (χ3n) is 1.20. The molecule has 0 spiro atoms. The van der Waals surface area contributed by atoms with Crippen molar-refractivity contribution < 1.29 is 15.0 Å². The molecule has 0 aromatic rings. The summed E-state index contributed by atoms with van der Waals surface area (Å²) in [5, 5.41) is 17.2. The number of hydrogen-bond donors (Lipinski definition) is 2. The first-order valence-corrected chi connectivity index (χ1v) is 3.28. The maximum Gasteiger partial charge on any atom is 0.322 e. The minimum Gasteiger partial charge on any atom is -0.480 e. The second kappa shape index (κ2) is 2.66. The normalized spacial score (nSPS) is 20.4. The van der Waals surface area contributed by atoms with E-state index in [0.717, 1.165) is 0 Å². The Morgan fingerprint density at radius 1 is 1.78 bits per heavy atom. The molecule has 0 aromatic heterocycles. The molecule has 2 unspecified atom stereocenters. The molecule has 0 aliphatic rings. The first-order chi connectivity index (χ1) is 3.89. The lowest BCUT2D eigenvalue weighted by atomic mass is 10.1. The largest absolute Gasteiger partial charge is 0.480 e. The lowest BCUT2D eigenvalue weighted by molar-refractivity contribution is -0.141. The van der Waals surface area contributed by atoms with Gasteiger partial charge in [-0.25, -0.2) is 0 Å². The maximum atomic E-state index is 10.3. The quantitative estimate of drug-likeness (QED) is 0.637. The Bertz CT molecular complexity index is 119. The van der Waals surface area contributed by atoms with Crippen molar-refractivity contribution in [3.63, 3.8) is 0 Å². The van der Waals surface area contributed by atoms with E-state index in [1.165, 1.54) is 13.8 Å². The molecular formula is C5H9BrO3. The molecule has 0 fully saturated rings. The van der Waals surface area contributed by atoms with Gasteiger partial charge >= 0.3 is 5.97 Å². The van der Waals surface area contributed by atoms with Crippen molar-refractivity contribution in [1.82, 2.24) is 0 Å². The number of alkyl halides is 1. The van der Waals surface area contributed by atoms with Crippen LogP contribution in [0.4, 0.5) is 0 Å². The minimum absolute atomic E-state index is 0.894. The highest BCUT2D eigenvalue weighted by Gasteiger charge is 2.34. The van der Waals surface area contributed by atoms with E-state index in [4.69, 9.17) is 10.2 Å². The third-order valence-corrected chi connectivity index (χ3v) is 2.20. The predicted molar refractivity (Wildman–Crippen MR) is 36.6 cm³/mol. The fraction of sp³-hybridized carbons (Fsp3) is 0.800. The van der Waals surface area contributed by atoms with Crippen LogP contribution in [0.3, 0.4) is 0 Å². The van der Waals surface area contributed by atoms with E-state index in [1.807, 2.05) is 0 Å². The average Bonchev–Trinajstić information content (AvgIpc) is 1.65. The van der Waals surface area contributed by atoms with Gasteiger partial charge in [0.05, 0.1) is 6.10 Å². The Hall–Kier alpha value is -0.0900. The van der Waals surface area contributed by atoms with Crippen molar-refractivity contribution in [3.05, 3.63) is 0 Å². The van der Waals surface area contributed by atoms with Crippen molar-refractivity contribution in [3.8, 4) is 0 Å². The van der Waals surface area contributed by atoms with E-state index in [-0.39, 0.29) is 0 Å². The lowest BCUT2D eigenvalue weighted by Gasteiger charge is -2.19. The molecule has 2 atom stereocenters. The van der Waals surface area contributed by atoms with Gasteiger partial charge in [-0.1, -0.05) is 15.9 Å². The van der Waals surface area contributed by atoms with Crippen LogP contribution < -0.4 is 0 Å². The van der Waals surface area contributed by atoms with Gasteiger partial charge in [0, 0.05) is 0 Å². The zero-order chi connectivity index (χ0) is 7.65.